The molecule has 0 unspecified atom stereocenters. The Morgan fingerprint density at radius 3 is 2.65 bits per heavy atom. The Bertz CT molecular complexity index is 734. The predicted octanol–water partition coefficient (Wildman–Crippen LogP) is 3.16. The van der Waals surface area contributed by atoms with E-state index in [2.05, 4.69) is 5.10 Å². The Morgan fingerprint density at radius 2 is 1.96 bits per heavy atom. The van der Waals surface area contributed by atoms with Gasteiger partial charge in [-0.05, 0) is 45.2 Å². The normalized spacial score (nSPS) is 18.0. The van der Waals surface area contributed by atoms with Gasteiger partial charge in [0.15, 0.2) is 11.9 Å². The lowest BCUT2D eigenvalue weighted by Crippen LogP contribution is -2.30. The van der Waals surface area contributed by atoms with Gasteiger partial charge in [0.05, 0.1) is 17.1 Å². The van der Waals surface area contributed by atoms with Gasteiger partial charge in [0.2, 0.25) is 0 Å². The van der Waals surface area contributed by atoms with Gasteiger partial charge in [-0.15, -0.1) is 0 Å². The van der Waals surface area contributed by atoms with Crippen molar-refractivity contribution in [2.45, 2.75) is 45.6 Å². The molecule has 1 saturated carbocycles. The largest absolute Gasteiger partial charge is 0.451 e. The summed E-state index contributed by atoms with van der Waals surface area (Å²) < 4.78 is 7.19. The van der Waals surface area contributed by atoms with Gasteiger partial charge >= 0.3 is 5.97 Å². The molecule has 1 heterocycles. The molecule has 2 aromatic rings. The molecule has 3 rings (SSSR count). The maximum absolute atomic E-state index is 12.5. The van der Waals surface area contributed by atoms with Crippen molar-refractivity contribution in [2.75, 3.05) is 0 Å². The monoisotopic (exact) mass is 312 g/mol. The van der Waals surface area contributed by atoms with Crippen LogP contribution in [0.1, 0.15) is 47.4 Å². The standard InChI is InChI=1S/C18H20N2O3/c1-12-17(18(22)23-16-11-7-6-10-15(16)21)13(2)20(19-12)14-8-4-3-5-9-14/h3-5,8-9,16H,6-7,10-11H2,1-2H3/t16-/m1/s1. The highest BCUT2D eigenvalue weighted by Crippen LogP contribution is 2.22. The highest BCUT2D eigenvalue weighted by molar-refractivity contribution is 5.94. The molecule has 0 radical (unpaired) electrons. The van der Waals surface area contributed by atoms with E-state index in [4.69, 9.17) is 4.74 Å². The van der Waals surface area contributed by atoms with Crippen molar-refractivity contribution in [3.63, 3.8) is 0 Å². The second-order valence-corrected chi connectivity index (χ2v) is 5.90. The Kier molecular flexibility index (Phi) is 4.28. The number of para-hydroxylation sites is 1. The third kappa shape index (κ3) is 3.04. The fourth-order valence-electron chi connectivity index (χ4n) is 3.02. The van der Waals surface area contributed by atoms with Crippen molar-refractivity contribution in [3.05, 3.63) is 47.3 Å². The molecule has 1 aliphatic carbocycles. The molecule has 0 spiro atoms. The molecule has 1 aromatic heterocycles. The number of ether oxygens (including phenoxy) is 1. The summed E-state index contributed by atoms with van der Waals surface area (Å²) in [7, 11) is 0. The zero-order valence-electron chi connectivity index (χ0n) is 13.4. The van der Waals surface area contributed by atoms with Gasteiger partial charge in [0, 0.05) is 6.42 Å². The molecule has 0 saturated heterocycles. The molecule has 0 bridgehead atoms. The number of benzene rings is 1. The lowest BCUT2D eigenvalue weighted by Gasteiger charge is -2.20. The Hall–Kier alpha value is -2.43. The zero-order chi connectivity index (χ0) is 16.4. The minimum Gasteiger partial charge on any atom is -0.451 e. The summed E-state index contributed by atoms with van der Waals surface area (Å²) in [4.78, 5) is 24.4. The average molecular weight is 312 g/mol. The molecule has 1 atom stereocenters. The smallest absolute Gasteiger partial charge is 0.342 e. The lowest BCUT2D eigenvalue weighted by molar-refractivity contribution is -0.129. The molecular weight excluding hydrogens is 292 g/mol. The zero-order valence-corrected chi connectivity index (χ0v) is 13.4. The van der Waals surface area contributed by atoms with Crippen molar-refractivity contribution in [3.8, 4) is 5.69 Å². The Balaban J connectivity index is 1.86. The van der Waals surface area contributed by atoms with Crippen LogP contribution in [0.25, 0.3) is 5.69 Å². The van der Waals surface area contributed by atoms with Gasteiger partial charge in [-0.3, -0.25) is 4.79 Å². The van der Waals surface area contributed by atoms with Gasteiger partial charge in [0.25, 0.3) is 0 Å². The van der Waals surface area contributed by atoms with Crippen molar-refractivity contribution in [1.29, 1.82) is 0 Å². The summed E-state index contributed by atoms with van der Waals surface area (Å²) in [6, 6.07) is 9.63. The fraction of sp³-hybridized carbons (Fsp3) is 0.389. The first-order valence-electron chi connectivity index (χ1n) is 7.93. The van der Waals surface area contributed by atoms with Crippen LogP contribution in [0.4, 0.5) is 0 Å². The van der Waals surface area contributed by atoms with E-state index in [1.165, 1.54) is 0 Å². The van der Waals surface area contributed by atoms with E-state index in [-0.39, 0.29) is 5.78 Å². The fourth-order valence-corrected chi connectivity index (χ4v) is 3.02. The highest BCUT2D eigenvalue weighted by atomic mass is 16.5. The lowest BCUT2D eigenvalue weighted by atomic mass is 9.96. The molecule has 5 nitrogen and oxygen atoms in total. The first-order chi connectivity index (χ1) is 11.1. The molecular formula is C18H20N2O3. The number of nitrogens with zero attached hydrogens (tertiary/aromatic N) is 2. The number of esters is 1. The summed E-state index contributed by atoms with van der Waals surface area (Å²) in [6.07, 6.45) is 2.33. The average Bonchev–Trinajstić information content (AvgIpc) is 2.85. The van der Waals surface area contributed by atoms with Crippen LogP contribution in [0.15, 0.2) is 30.3 Å². The van der Waals surface area contributed by atoms with Crippen LogP contribution in [-0.4, -0.2) is 27.6 Å². The molecule has 5 heteroatoms. The quantitative estimate of drug-likeness (QED) is 0.817. The van der Waals surface area contributed by atoms with Crippen molar-refractivity contribution >= 4 is 11.8 Å². The third-order valence-electron chi connectivity index (χ3n) is 4.24. The first-order valence-corrected chi connectivity index (χ1v) is 7.93. The molecule has 0 aliphatic heterocycles. The number of aromatic nitrogens is 2. The second kappa shape index (κ2) is 6.36. The summed E-state index contributed by atoms with van der Waals surface area (Å²) in [5, 5.41) is 4.44. The van der Waals surface area contributed by atoms with Gasteiger partial charge in [0.1, 0.15) is 5.56 Å². The molecule has 23 heavy (non-hydrogen) atoms. The van der Waals surface area contributed by atoms with E-state index >= 15 is 0 Å². The minimum absolute atomic E-state index is 0.0235. The van der Waals surface area contributed by atoms with E-state index in [0.29, 0.717) is 24.1 Å². The molecule has 1 aromatic carbocycles. The van der Waals surface area contributed by atoms with Crippen LogP contribution < -0.4 is 0 Å². The van der Waals surface area contributed by atoms with Crippen molar-refractivity contribution < 1.29 is 14.3 Å². The summed E-state index contributed by atoms with van der Waals surface area (Å²) in [5.74, 6) is -0.433. The van der Waals surface area contributed by atoms with Gasteiger partial charge in [-0.1, -0.05) is 18.2 Å². The summed E-state index contributed by atoms with van der Waals surface area (Å²) >= 11 is 0. The van der Waals surface area contributed by atoms with Crippen LogP contribution in [0, 0.1) is 13.8 Å². The molecule has 120 valence electrons. The van der Waals surface area contributed by atoms with E-state index < -0.39 is 12.1 Å². The number of rotatable bonds is 3. The molecule has 0 amide bonds. The maximum Gasteiger partial charge on any atom is 0.342 e. The van der Waals surface area contributed by atoms with Crippen LogP contribution in [0.5, 0.6) is 0 Å². The summed E-state index contributed by atoms with van der Waals surface area (Å²) in [5.41, 5.74) is 2.68. The molecule has 1 fully saturated rings. The molecule has 0 N–H and O–H groups in total. The topological polar surface area (TPSA) is 61.2 Å². The van der Waals surface area contributed by atoms with E-state index in [1.54, 1.807) is 11.6 Å². The molecule has 1 aliphatic rings. The Labute approximate surface area is 135 Å². The van der Waals surface area contributed by atoms with Crippen LogP contribution in [0.3, 0.4) is 0 Å². The number of hydrogen-bond acceptors (Lipinski definition) is 4. The summed E-state index contributed by atoms with van der Waals surface area (Å²) in [6.45, 7) is 3.62. The van der Waals surface area contributed by atoms with Gasteiger partial charge in [-0.2, -0.15) is 5.10 Å². The number of carbonyl (C=O) groups excluding carboxylic acids is 2. The van der Waals surface area contributed by atoms with Gasteiger partial charge in [-0.25, -0.2) is 9.48 Å². The van der Waals surface area contributed by atoms with Crippen LogP contribution in [0.2, 0.25) is 0 Å². The van der Waals surface area contributed by atoms with E-state index in [0.717, 1.165) is 24.2 Å². The van der Waals surface area contributed by atoms with Crippen LogP contribution >= 0.6 is 0 Å². The highest BCUT2D eigenvalue weighted by Gasteiger charge is 2.29. The SMILES string of the molecule is Cc1nn(-c2ccccc2)c(C)c1C(=O)O[C@@H]1CCCCC1=O. The van der Waals surface area contributed by atoms with Crippen molar-refractivity contribution in [1.82, 2.24) is 9.78 Å². The number of carbonyl (C=O) groups is 2. The van der Waals surface area contributed by atoms with Gasteiger partial charge < -0.3 is 4.74 Å². The first kappa shape index (κ1) is 15.5. The van der Waals surface area contributed by atoms with Crippen molar-refractivity contribution in [2.24, 2.45) is 0 Å². The number of Topliss-reactive ketones (excluding diaryl/α,β-unsaturated/α-hetero) is 1. The predicted molar refractivity (Wildman–Crippen MR) is 85.7 cm³/mol. The van der Waals surface area contributed by atoms with E-state index in [9.17, 15) is 9.59 Å². The maximum atomic E-state index is 12.5. The van der Waals surface area contributed by atoms with Crippen LogP contribution in [-0.2, 0) is 9.53 Å². The minimum atomic E-state index is -0.602. The second-order valence-electron chi connectivity index (χ2n) is 5.90. The number of hydrogen-bond donors (Lipinski definition) is 0. The van der Waals surface area contributed by atoms with E-state index in [1.807, 2.05) is 37.3 Å². The Morgan fingerprint density at radius 1 is 1.22 bits per heavy atom. The number of aryl methyl sites for hydroxylation is 1. The number of ketones is 1. The third-order valence-corrected chi connectivity index (χ3v) is 4.24.